The Morgan fingerprint density at radius 2 is 2.00 bits per heavy atom. The third kappa shape index (κ3) is 3.72. The molecule has 0 aliphatic carbocycles. The van der Waals surface area contributed by atoms with Crippen molar-refractivity contribution in [1.82, 2.24) is 0 Å². The molecule has 1 heterocycles. The second-order valence-corrected chi connectivity index (χ2v) is 6.31. The van der Waals surface area contributed by atoms with E-state index in [0.29, 0.717) is 39.3 Å². The highest BCUT2D eigenvalue weighted by Gasteiger charge is 2.28. The highest BCUT2D eigenvalue weighted by atomic mass is 35.5. The van der Waals surface area contributed by atoms with Crippen molar-refractivity contribution < 1.29 is 19.1 Å². The topological polar surface area (TPSA) is 55.8 Å². The van der Waals surface area contributed by atoms with E-state index in [1.165, 1.54) is 7.11 Å². The van der Waals surface area contributed by atoms with E-state index in [-0.39, 0.29) is 24.7 Å². The summed E-state index contributed by atoms with van der Waals surface area (Å²) in [5.74, 6) is 0.678. The van der Waals surface area contributed by atoms with E-state index in [1.54, 1.807) is 41.3 Å². The van der Waals surface area contributed by atoms with E-state index in [4.69, 9.17) is 32.7 Å². The lowest BCUT2D eigenvalue weighted by atomic mass is 10.00. The van der Waals surface area contributed by atoms with E-state index in [2.05, 4.69) is 0 Å². The molecular weight excluding hydrogens is 365 g/mol. The summed E-state index contributed by atoms with van der Waals surface area (Å²) in [5.41, 5.74) is 1.04. The van der Waals surface area contributed by atoms with Gasteiger partial charge in [0.15, 0.2) is 12.4 Å². The van der Waals surface area contributed by atoms with Crippen LogP contribution in [0.5, 0.6) is 11.5 Å². The number of carbonyl (C=O) groups is 2. The molecule has 0 fully saturated rings. The highest BCUT2D eigenvalue weighted by molar-refractivity contribution is 6.35. The Morgan fingerprint density at radius 3 is 2.72 bits per heavy atom. The van der Waals surface area contributed by atoms with Gasteiger partial charge in [-0.3, -0.25) is 9.59 Å². The number of amides is 1. The number of carbonyl (C=O) groups excluding carboxylic acids is 2. The predicted octanol–water partition coefficient (Wildman–Crippen LogP) is 4.00. The number of methoxy groups -OCH3 is 1. The molecule has 0 saturated carbocycles. The van der Waals surface area contributed by atoms with Crippen LogP contribution in [0.25, 0.3) is 0 Å². The molecule has 0 radical (unpaired) electrons. The molecule has 3 rings (SSSR count). The molecule has 2 aromatic rings. The summed E-state index contributed by atoms with van der Waals surface area (Å²) in [5, 5.41) is 0.820. The van der Waals surface area contributed by atoms with Crippen molar-refractivity contribution in [3.63, 3.8) is 0 Å². The fourth-order valence-electron chi connectivity index (χ4n) is 2.64. The smallest absolute Gasteiger partial charge is 0.264 e. The summed E-state index contributed by atoms with van der Waals surface area (Å²) in [6, 6.07) is 9.86. The van der Waals surface area contributed by atoms with Crippen LogP contribution in [0.15, 0.2) is 36.4 Å². The van der Waals surface area contributed by atoms with Gasteiger partial charge in [-0.2, -0.15) is 0 Å². The molecule has 7 heteroatoms. The number of nitrogens with zero attached hydrogens (tertiary/aromatic N) is 1. The number of benzene rings is 2. The van der Waals surface area contributed by atoms with Gasteiger partial charge in [-0.1, -0.05) is 23.2 Å². The summed E-state index contributed by atoms with van der Waals surface area (Å²) in [7, 11) is 1.53. The molecular formula is C18H15Cl2NO4. The maximum Gasteiger partial charge on any atom is 0.264 e. The fraction of sp³-hybridized carbons (Fsp3) is 0.222. The summed E-state index contributed by atoms with van der Waals surface area (Å²) < 4.78 is 10.6. The van der Waals surface area contributed by atoms with Crippen LogP contribution in [0.1, 0.15) is 16.8 Å². The van der Waals surface area contributed by atoms with Gasteiger partial charge in [0.1, 0.15) is 11.5 Å². The Hall–Kier alpha value is -2.24. The van der Waals surface area contributed by atoms with Gasteiger partial charge in [-0.05, 0) is 36.4 Å². The van der Waals surface area contributed by atoms with Crippen LogP contribution in [0, 0.1) is 0 Å². The number of halogens is 2. The maximum absolute atomic E-state index is 12.6. The molecule has 1 amide bonds. The normalized spacial score (nSPS) is 13.4. The highest BCUT2D eigenvalue weighted by Crippen LogP contribution is 2.31. The molecule has 0 bridgehead atoms. The Balaban J connectivity index is 1.77. The minimum atomic E-state index is -0.259. The number of fused-ring (bicyclic) bond motifs is 1. The second kappa shape index (κ2) is 7.33. The quantitative estimate of drug-likeness (QED) is 0.805. The lowest BCUT2D eigenvalue weighted by Crippen LogP contribution is -2.40. The lowest BCUT2D eigenvalue weighted by Gasteiger charge is -2.29. The maximum atomic E-state index is 12.6. The zero-order valence-electron chi connectivity index (χ0n) is 13.4. The van der Waals surface area contributed by atoms with Crippen molar-refractivity contribution in [2.45, 2.75) is 6.42 Å². The standard InChI is InChI=1S/C18H15Cl2NO4/c1-24-12-3-4-15-13(9-12)16(22)6-7-21(15)18(23)10-25-17-5-2-11(19)8-14(17)20/h2-5,8-9H,6-7,10H2,1H3. The fourth-order valence-corrected chi connectivity index (χ4v) is 3.10. The Morgan fingerprint density at radius 1 is 1.20 bits per heavy atom. The molecule has 25 heavy (non-hydrogen) atoms. The van der Waals surface area contributed by atoms with Gasteiger partial charge in [0, 0.05) is 23.6 Å². The number of ether oxygens (including phenoxy) is 2. The summed E-state index contributed by atoms with van der Waals surface area (Å²) in [6.45, 7) is 0.121. The molecule has 0 N–H and O–H groups in total. The monoisotopic (exact) mass is 379 g/mol. The molecule has 0 unspecified atom stereocenters. The first-order chi connectivity index (χ1) is 12.0. The Kier molecular flexibility index (Phi) is 5.16. The number of ketones is 1. The molecule has 5 nitrogen and oxygen atoms in total. The molecule has 1 aliphatic heterocycles. The van der Waals surface area contributed by atoms with Gasteiger partial charge in [-0.25, -0.2) is 0 Å². The van der Waals surface area contributed by atoms with Crippen molar-refractivity contribution in [3.8, 4) is 11.5 Å². The van der Waals surface area contributed by atoms with E-state index in [0.717, 1.165) is 0 Å². The molecule has 2 aromatic carbocycles. The van der Waals surface area contributed by atoms with Crippen molar-refractivity contribution in [2.24, 2.45) is 0 Å². The minimum absolute atomic E-state index is 0.0142. The second-order valence-electron chi connectivity index (χ2n) is 5.47. The number of rotatable bonds is 4. The van der Waals surface area contributed by atoms with Gasteiger partial charge in [0.05, 0.1) is 17.8 Å². The molecule has 130 valence electrons. The van der Waals surface area contributed by atoms with Crippen LogP contribution in [0.4, 0.5) is 5.69 Å². The van der Waals surface area contributed by atoms with Crippen molar-refractivity contribution in [2.75, 3.05) is 25.2 Å². The summed E-state index contributed by atoms with van der Waals surface area (Å²) in [4.78, 5) is 26.2. The third-order valence-electron chi connectivity index (χ3n) is 3.90. The number of Topliss-reactive ketones (excluding diaryl/α,β-unsaturated/α-hetero) is 1. The molecule has 0 spiro atoms. The summed E-state index contributed by atoms with van der Waals surface area (Å²) in [6.07, 6.45) is 0.258. The van der Waals surface area contributed by atoms with Gasteiger partial charge in [0.25, 0.3) is 5.91 Å². The van der Waals surface area contributed by atoms with Crippen molar-refractivity contribution in [1.29, 1.82) is 0 Å². The molecule has 0 saturated heterocycles. The molecule has 1 aliphatic rings. The van der Waals surface area contributed by atoms with Crippen LogP contribution in [-0.2, 0) is 4.79 Å². The van der Waals surface area contributed by atoms with Gasteiger partial charge < -0.3 is 14.4 Å². The van der Waals surface area contributed by atoms with E-state index >= 15 is 0 Å². The number of anilines is 1. The zero-order valence-corrected chi connectivity index (χ0v) is 14.9. The first-order valence-electron chi connectivity index (χ1n) is 7.59. The zero-order chi connectivity index (χ0) is 18.0. The van der Waals surface area contributed by atoms with Crippen LogP contribution < -0.4 is 14.4 Å². The average molecular weight is 380 g/mol. The van der Waals surface area contributed by atoms with Crippen molar-refractivity contribution in [3.05, 3.63) is 52.0 Å². The van der Waals surface area contributed by atoms with Crippen LogP contribution in [-0.4, -0.2) is 32.0 Å². The SMILES string of the molecule is COc1ccc2c(c1)C(=O)CCN2C(=O)COc1ccc(Cl)cc1Cl. The predicted molar refractivity (Wildman–Crippen MR) is 96.3 cm³/mol. The van der Waals surface area contributed by atoms with Crippen LogP contribution in [0.3, 0.4) is 0 Å². The first kappa shape index (κ1) is 17.6. The van der Waals surface area contributed by atoms with E-state index in [9.17, 15) is 9.59 Å². The van der Waals surface area contributed by atoms with E-state index in [1.807, 2.05) is 0 Å². The minimum Gasteiger partial charge on any atom is -0.497 e. The van der Waals surface area contributed by atoms with Crippen LogP contribution >= 0.6 is 23.2 Å². The molecule has 0 atom stereocenters. The van der Waals surface area contributed by atoms with Gasteiger partial charge >= 0.3 is 0 Å². The lowest BCUT2D eigenvalue weighted by molar-refractivity contribution is -0.120. The van der Waals surface area contributed by atoms with Gasteiger partial charge in [-0.15, -0.1) is 0 Å². The number of hydrogen-bond donors (Lipinski definition) is 0. The number of hydrogen-bond acceptors (Lipinski definition) is 4. The third-order valence-corrected chi connectivity index (χ3v) is 4.43. The Bertz CT molecular complexity index is 838. The van der Waals surface area contributed by atoms with E-state index < -0.39 is 0 Å². The molecule has 0 aromatic heterocycles. The van der Waals surface area contributed by atoms with Gasteiger partial charge in [0.2, 0.25) is 0 Å². The first-order valence-corrected chi connectivity index (χ1v) is 8.34. The summed E-state index contributed by atoms with van der Waals surface area (Å²) >= 11 is 11.9. The van der Waals surface area contributed by atoms with Crippen LogP contribution in [0.2, 0.25) is 10.0 Å². The largest absolute Gasteiger partial charge is 0.497 e. The average Bonchev–Trinajstić information content (AvgIpc) is 2.61. The Labute approximate surface area is 155 Å². The van der Waals surface area contributed by atoms with Crippen molar-refractivity contribution >= 4 is 40.6 Å².